The summed E-state index contributed by atoms with van der Waals surface area (Å²) in [6.45, 7) is 2.45. The van der Waals surface area contributed by atoms with E-state index < -0.39 is 33.1 Å². The van der Waals surface area contributed by atoms with Crippen molar-refractivity contribution in [2.45, 2.75) is 57.1 Å². The van der Waals surface area contributed by atoms with Gasteiger partial charge in [-0.15, -0.1) is 0 Å². The van der Waals surface area contributed by atoms with Gasteiger partial charge in [0.15, 0.2) is 16.1 Å². The van der Waals surface area contributed by atoms with Crippen molar-refractivity contribution in [1.82, 2.24) is 10.0 Å². The molecule has 0 aliphatic carbocycles. The summed E-state index contributed by atoms with van der Waals surface area (Å²) in [6.07, 6.45) is 3.97. The second kappa shape index (κ2) is 11.0. The van der Waals surface area contributed by atoms with Crippen LogP contribution in [-0.2, 0) is 30.8 Å². The van der Waals surface area contributed by atoms with Gasteiger partial charge in [0.1, 0.15) is 11.1 Å². The topological polar surface area (TPSA) is 104 Å². The number of carbonyl (C=O) groups is 1. The lowest BCUT2D eigenvalue weighted by atomic mass is 10.0. The fraction of sp³-hybridized carbons (Fsp3) is 0.478. The summed E-state index contributed by atoms with van der Waals surface area (Å²) in [5, 5.41) is -1.36. The Kier molecular flexibility index (Phi) is 8.39. The number of hydrogen-bond donors (Lipinski definition) is 1. The zero-order chi connectivity index (χ0) is 24.0. The standard InChI is InChI=1S/C23H29FN2O6S/c1-16-7-5-8-17(13-16)19-14-18(24)15-26(23(19)28)11-6-9-20(33(2,29)30)22(27)25-32-21-10-3-4-12-31-21/h5,7-8,13-15,20-21H,3-4,6,9-12H2,1-2H3,(H,25,27)/t20-,21?/m1/s1. The van der Waals surface area contributed by atoms with E-state index >= 15 is 0 Å². The van der Waals surface area contributed by atoms with Gasteiger partial charge in [-0.3, -0.25) is 9.59 Å². The number of amides is 1. The van der Waals surface area contributed by atoms with Gasteiger partial charge < -0.3 is 9.30 Å². The van der Waals surface area contributed by atoms with Crippen molar-refractivity contribution in [3.8, 4) is 11.1 Å². The van der Waals surface area contributed by atoms with Gasteiger partial charge in [0, 0.05) is 32.0 Å². The largest absolute Gasteiger partial charge is 0.350 e. The van der Waals surface area contributed by atoms with Gasteiger partial charge in [-0.2, -0.15) is 0 Å². The first kappa shape index (κ1) is 25.1. The summed E-state index contributed by atoms with van der Waals surface area (Å²) >= 11 is 0. The number of pyridine rings is 1. The summed E-state index contributed by atoms with van der Waals surface area (Å²) in [5.41, 5.74) is 3.56. The monoisotopic (exact) mass is 480 g/mol. The molecule has 0 bridgehead atoms. The van der Waals surface area contributed by atoms with Gasteiger partial charge in [-0.1, -0.05) is 29.8 Å². The molecule has 180 valence electrons. The number of hydrogen-bond acceptors (Lipinski definition) is 6. The smallest absolute Gasteiger partial charge is 0.261 e. The average Bonchev–Trinajstić information content (AvgIpc) is 2.77. The first-order valence-corrected chi connectivity index (χ1v) is 12.8. The fourth-order valence-electron chi connectivity index (χ4n) is 3.76. The minimum atomic E-state index is -3.74. The number of nitrogens with zero attached hydrogens (tertiary/aromatic N) is 1. The molecule has 1 amide bonds. The summed E-state index contributed by atoms with van der Waals surface area (Å²) < 4.78 is 45.1. The van der Waals surface area contributed by atoms with E-state index in [1.807, 2.05) is 13.0 Å². The van der Waals surface area contributed by atoms with E-state index in [-0.39, 0.29) is 30.5 Å². The van der Waals surface area contributed by atoms with Crippen LogP contribution in [-0.4, -0.2) is 43.3 Å². The molecule has 1 aromatic carbocycles. The average molecular weight is 481 g/mol. The van der Waals surface area contributed by atoms with Crippen LogP contribution in [0.15, 0.2) is 41.3 Å². The molecule has 8 nitrogen and oxygen atoms in total. The van der Waals surface area contributed by atoms with Gasteiger partial charge in [-0.25, -0.2) is 23.1 Å². The van der Waals surface area contributed by atoms with Crippen molar-refractivity contribution in [3.05, 3.63) is 58.3 Å². The van der Waals surface area contributed by atoms with Crippen molar-refractivity contribution < 1.29 is 27.2 Å². The van der Waals surface area contributed by atoms with Crippen LogP contribution >= 0.6 is 0 Å². The molecular weight excluding hydrogens is 451 g/mol. The molecule has 1 aromatic heterocycles. The molecule has 3 rings (SSSR count). The Balaban J connectivity index is 1.67. The molecule has 1 N–H and O–H groups in total. The summed E-state index contributed by atoms with van der Waals surface area (Å²) in [7, 11) is -3.74. The first-order valence-electron chi connectivity index (χ1n) is 10.9. The molecule has 10 heteroatoms. The van der Waals surface area contributed by atoms with Crippen LogP contribution in [0.4, 0.5) is 4.39 Å². The lowest BCUT2D eigenvalue weighted by molar-refractivity contribution is -0.200. The minimum absolute atomic E-state index is 0.0533. The van der Waals surface area contributed by atoms with Gasteiger partial charge in [0.05, 0.1) is 5.56 Å². The zero-order valence-electron chi connectivity index (χ0n) is 18.8. The van der Waals surface area contributed by atoms with Crippen LogP contribution < -0.4 is 11.0 Å². The van der Waals surface area contributed by atoms with Gasteiger partial charge in [0.2, 0.25) is 0 Å². The Morgan fingerprint density at radius 2 is 2.12 bits per heavy atom. The lowest BCUT2D eigenvalue weighted by Gasteiger charge is -2.23. The Morgan fingerprint density at radius 1 is 1.33 bits per heavy atom. The van der Waals surface area contributed by atoms with Crippen molar-refractivity contribution in [2.24, 2.45) is 0 Å². The molecule has 1 saturated heterocycles. The highest BCUT2D eigenvalue weighted by molar-refractivity contribution is 7.92. The van der Waals surface area contributed by atoms with Crippen LogP contribution in [0, 0.1) is 12.7 Å². The summed E-state index contributed by atoms with van der Waals surface area (Å²) in [6, 6.07) is 8.37. The molecule has 1 fully saturated rings. The Hall–Kier alpha value is -2.56. The van der Waals surface area contributed by atoms with Crippen LogP contribution in [0.1, 0.15) is 37.7 Å². The van der Waals surface area contributed by atoms with Crippen LogP contribution in [0.25, 0.3) is 11.1 Å². The second-order valence-electron chi connectivity index (χ2n) is 8.28. The molecule has 1 aliphatic heterocycles. The molecule has 0 saturated carbocycles. The van der Waals surface area contributed by atoms with Crippen molar-refractivity contribution in [3.63, 3.8) is 0 Å². The van der Waals surface area contributed by atoms with E-state index in [0.29, 0.717) is 18.6 Å². The van der Waals surface area contributed by atoms with E-state index in [9.17, 15) is 22.4 Å². The predicted molar refractivity (Wildman–Crippen MR) is 122 cm³/mol. The lowest BCUT2D eigenvalue weighted by Crippen LogP contribution is -2.42. The normalized spacial score (nSPS) is 17.5. The number of carbonyl (C=O) groups excluding carboxylic acids is 1. The predicted octanol–water partition coefficient (Wildman–Crippen LogP) is 2.73. The minimum Gasteiger partial charge on any atom is -0.350 e. The third kappa shape index (κ3) is 6.96. The van der Waals surface area contributed by atoms with E-state index in [0.717, 1.165) is 30.9 Å². The van der Waals surface area contributed by atoms with Gasteiger partial charge in [-0.05, 0) is 44.2 Å². The van der Waals surface area contributed by atoms with Crippen LogP contribution in [0.3, 0.4) is 0 Å². The third-order valence-electron chi connectivity index (χ3n) is 5.49. The van der Waals surface area contributed by atoms with Crippen molar-refractivity contribution in [2.75, 3.05) is 12.9 Å². The van der Waals surface area contributed by atoms with E-state index in [4.69, 9.17) is 9.57 Å². The van der Waals surface area contributed by atoms with E-state index in [2.05, 4.69) is 5.48 Å². The number of aryl methyl sites for hydroxylation is 2. The molecule has 0 spiro atoms. The summed E-state index contributed by atoms with van der Waals surface area (Å²) in [5.74, 6) is -1.37. The quantitative estimate of drug-likeness (QED) is 0.554. The van der Waals surface area contributed by atoms with E-state index in [1.165, 1.54) is 10.6 Å². The fourth-order valence-corrected chi connectivity index (χ4v) is 4.80. The van der Waals surface area contributed by atoms with E-state index in [1.54, 1.807) is 18.2 Å². The molecule has 1 aliphatic rings. The first-order chi connectivity index (χ1) is 15.6. The Morgan fingerprint density at radius 3 is 2.79 bits per heavy atom. The highest BCUT2D eigenvalue weighted by atomic mass is 32.2. The number of ether oxygens (including phenoxy) is 1. The SMILES string of the molecule is Cc1cccc(-c2cc(F)cn(CCC[C@H](C(=O)NOC3CCCCO3)S(C)(=O)=O)c2=O)c1. The number of benzene rings is 1. The Labute approximate surface area is 192 Å². The maximum Gasteiger partial charge on any atom is 0.261 e. The molecule has 1 unspecified atom stereocenters. The maximum absolute atomic E-state index is 14.2. The molecule has 2 heterocycles. The Bertz CT molecular complexity index is 1140. The van der Waals surface area contributed by atoms with Gasteiger partial charge >= 0.3 is 0 Å². The van der Waals surface area contributed by atoms with Gasteiger partial charge in [0.25, 0.3) is 11.5 Å². The molecule has 33 heavy (non-hydrogen) atoms. The molecule has 0 radical (unpaired) electrons. The number of halogens is 1. The number of hydroxylamine groups is 1. The second-order valence-corrected chi connectivity index (χ2v) is 10.5. The van der Waals surface area contributed by atoms with Crippen molar-refractivity contribution >= 4 is 15.7 Å². The third-order valence-corrected chi connectivity index (χ3v) is 6.97. The highest BCUT2D eigenvalue weighted by Gasteiger charge is 2.29. The number of aromatic nitrogens is 1. The molecule has 2 aromatic rings. The highest BCUT2D eigenvalue weighted by Crippen LogP contribution is 2.18. The number of sulfone groups is 1. The zero-order valence-corrected chi connectivity index (χ0v) is 19.6. The maximum atomic E-state index is 14.2. The summed E-state index contributed by atoms with van der Waals surface area (Å²) in [4.78, 5) is 30.6. The van der Waals surface area contributed by atoms with Crippen LogP contribution in [0.2, 0.25) is 0 Å². The number of rotatable bonds is 9. The van der Waals surface area contributed by atoms with Crippen LogP contribution in [0.5, 0.6) is 0 Å². The number of nitrogens with one attached hydrogen (secondary N) is 1. The molecular formula is C23H29FN2O6S. The van der Waals surface area contributed by atoms with Crippen molar-refractivity contribution in [1.29, 1.82) is 0 Å². The molecule has 2 atom stereocenters.